The molecule has 4 rings (SSSR count). The zero-order valence-corrected chi connectivity index (χ0v) is 14.1. The summed E-state index contributed by atoms with van der Waals surface area (Å²) in [4.78, 5) is 20.7. The first-order valence-electron chi connectivity index (χ1n) is 7.56. The number of amides is 1. The van der Waals surface area contributed by atoms with Crippen LogP contribution in [0, 0.1) is 0 Å². The van der Waals surface area contributed by atoms with E-state index < -0.39 is 0 Å². The van der Waals surface area contributed by atoms with Crippen molar-refractivity contribution in [2.24, 2.45) is 0 Å². The molecule has 1 fully saturated rings. The van der Waals surface area contributed by atoms with E-state index >= 15 is 0 Å². The van der Waals surface area contributed by atoms with Crippen LogP contribution in [0.3, 0.4) is 0 Å². The van der Waals surface area contributed by atoms with Gasteiger partial charge in [-0.25, -0.2) is 4.98 Å². The summed E-state index contributed by atoms with van der Waals surface area (Å²) in [6.45, 7) is 0. The van der Waals surface area contributed by atoms with Gasteiger partial charge in [-0.1, -0.05) is 23.7 Å². The summed E-state index contributed by atoms with van der Waals surface area (Å²) in [5, 5.41) is 3.57. The number of aromatic nitrogens is 3. The summed E-state index contributed by atoms with van der Waals surface area (Å²) < 4.78 is 4.24. The first-order chi connectivity index (χ1) is 11.7. The predicted octanol–water partition coefficient (Wildman–Crippen LogP) is 4.38. The maximum Gasteiger partial charge on any atom is 0.257 e. The second-order valence-corrected chi connectivity index (χ2v) is 6.73. The van der Waals surface area contributed by atoms with E-state index in [2.05, 4.69) is 25.7 Å². The van der Waals surface area contributed by atoms with E-state index in [1.54, 1.807) is 24.4 Å². The van der Waals surface area contributed by atoms with Gasteiger partial charge in [0, 0.05) is 23.3 Å². The third-order valence-electron chi connectivity index (χ3n) is 3.84. The number of hydrogen-bond acceptors (Lipinski definition) is 5. The van der Waals surface area contributed by atoms with E-state index in [-0.39, 0.29) is 5.91 Å². The van der Waals surface area contributed by atoms with E-state index in [0.29, 0.717) is 33.2 Å². The van der Waals surface area contributed by atoms with Crippen LogP contribution in [0.1, 0.15) is 34.7 Å². The molecule has 0 atom stereocenters. The van der Waals surface area contributed by atoms with Crippen LogP contribution in [-0.4, -0.2) is 20.2 Å². The monoisotopic (exact) mass is 356 g/mol. The van der Waals surface area contributed by atoms with Crippen molar-refractivity contribution < 1.29 is 4.79 Å². The van der Waals surface area contributed by atoms with Crippen LogP contribution in [0.4, 0.5) is 5.13 Å². The average Bonchev–Trinajstić information content (AvgIpc) is 3.36. The van der Waals surface area contributed by atoms with Gasteiger partial charge in [0.15, 0.2) is 5.82 Å². The number of rotatable bonds is 4. The Morgan fingerprint density at radius 1 is 1.25 bits per heavy atom. The number of halogens is 1. The third kappa shape index (κ3) is 3.16. The van der Waals surface area contributed by atoms with Crippen molar-refractivity contribution in [3.63, 3.8) is 0 Å². The van der Waals surface area contributed by atoms with E-state index in [1.165, 1.54) is 18.4 Å². The molecule has 3 aromatic rings. The maximum absolute atomic E-state index is 12.4. The summed E-state index contributed by atoms with van der Waals surface area (Å²) in [6, 6.07) is 11.3. The zero-order chi connectivity index (χ0) is 16.5. The lowest BCUT2D eigenvalue weighted by atomic mass is 10.1. The van der Waals surface area contributed by atoms with Gasteiger partial charge in [0.25, 0.3) is 5.91 Å². The van der Waals surface area contributed by atoms with Crippen LogP contribution in [0.15, 0.2) is 42.6 Å². The van der Waals surface area contributed by atoms with Crippen molar-refractivity contribution in [1.29, 1.82) is 0 Å². The van der Waals surface area contributed by atoms with E-state index in [1.807, 2.05) is 12.1 Å². The molecular weight excluding hydrogens is 344 g/mol. The van der Waals surface area contributed by atoms with Gasteiger partial charge in [0.2, 0.25) is 5.13 Å². The van der Waals surface area contributed by atoms with Crippen LogP contribution in [0.25, 0.3) is 11.4 Å². The number of nitrogens with zero attached hydrogens (tertiary/aromatic N) is 3. The molecule has 1 amide bonds. The largest absolute Gasteiger partial charge is 0.297 e. The molecular formula is C17H13ClN4OS. The molecule has 0 unspecified atom stereocenters. The quantitative estimate of drug-likeness (QED) is 0.704. The summed E-state index contributed by atoms with van der Waals surface area (Å²) in [5.74, 6) is 0.885. The Balaban J connectivity index is 1.52. The number of nitrogens with one attached hydrogen (secondary N) is 1. The number of hydrogen-bond donors (Lipinski definition) is 1. The summed E-state index contributed by atoms with van der Waals surface area (Å²) in [6.07, 6.45) is 4.02. The molecule has 120 valence electrons. The van der Waals surface area contributed by atoms with Gasteiger partial charge >= 0.3 is 0 Å². The topological polar surface area (TPSA) is 67.8 Å². The fourth-order valence-corrected chi connectivity index (χ4v) is 3.24. The molecule has 1 aliphatic rings. The second-order valence-electron chi connectivity index (χ2n) is 5.62. The molecule has 1 saturated carbocycles. The van der Waals surface area contributed by atoms with Gasteiger partial charge < -0.3 is 0 Å². The Hall–Kier alpha value is -2.31. The van der Waals surface area contributed by atoms with Crippen LogP contribution in [0.2, 0.25) is 5.15 Å². The number of benzene rings is 1. The van der Waals surface area contributed by atoms with Crippen molar-refractivity contribution in [3.05, 3.63) is 58.9 Å². The molecule has 24 heavy (non-hydrogen) atoms. The molecule has 1 aliphatic carbocycles. The highest BCUT2D eigenvalue weighted by atomic mass is 35.5. The molecule has 1 aromatic carbocycles. The highest BCUT2D eigenvalue weighted by molar-refractivity contribution is 7.10. The number of anilines is 1. The molecule has 2 aromatic heterocycles. The molecule has 5 nitrogen and oxygen atoms in total. The van der Waals surface area contributed by atoms with Gasteiger partial charge in [-0.3, -0.25) is 10.1 Å². The van der Waals surface area contributed by atoms with Crippen molar-refractivity contribution >= 4 is 34.2 Å². The molecule has 7 heteroatoms. The van der Waals surface area contributed by atoms with Crippen molar-refractivity contribution in [2.75, 3.05) is 5.32 Å². The maximum atomic E-state index is 12.4. The van der Waals surface area contributed by atoms with Crippen LogP contribution >= 0.6 is 23.1 Å². The minimum atomic E-state index is -0.183. The highest BCUT2D eigenvalue weighted by Crippen LogP contribution is 2.40. The molecule has 0 aliphatic heterocycles. The first-order valence-corrected chi connectivity index (χ1v) is 8.72. The molecule has 0 radical (unpaired) electrons. The van der Waals surface area contributed by atoms with Crippen LogP contribution < -0.4 is 5.32 Å². The minimum absolute atomic E-state index is 0.183. The molecule has 2 heterocycles. The Bertz CT molecular complexity index is 907. The zero-order valence-electron chi connectivity index (χ0n) is 12.6. The average molecular weight is 357 g/mol. The summed E-state index contributed by atoms with van der Waals surface area (Å²) in [7, 11) is 0. The van der Waals surface area contributed by atoms with E-state index in [4.69, 9.17) is 11.6 Å². The third-order valence-corrected chi connectivity index (χ3v) is 4.78. The van der Waals surface area contributed by atoms with Gasteiger partial charge in [-0.2, -0.15) is 9.36 Å². The predicted molar refractivity (Wildman–Crippen MR) is 94.5 cm³/mol. The van der Waals surface area contributed by atoms with Crippen molar-refractivity contribution in [1.82, 2.24) is 14.3 Å². The van der Waals surface area contributed by atoms with E-state index in [9.17, 15) is 4.79 Å². The van der Waals surface area contributed by atoms with Gasteiger partial charge in [-0.05, 0) is 48.6 Å². The van der Waals surface area contributed by atoms with E-state index in [0.717, 1.165) is 11.5 Å². The Labute approximate surface area is 147 Å². The van der Waals surface area contributed by atoms with Crippen LogP contribution in [0.5, 0.6) is 0 Å². The Kier molecular flexibility index (Phi) is 4.00. The second kappa shape index (κ2) is 6.30. The molecule has 0 spiro atoms. The smallest absolute Gasteiger partial charge is 0.257 e. The fraction of sp³-hybridized carbons (Fsp3) is 0.176. The lowest BCUT2D eigenvalue weighted by molar-refractivity contribution is 0.102. The minimum Gasteiger partial charge on any atom is -0.297 e. The Morgan fingerprint density at radius 3 is 2.92 bits per heavy atom. The standard InChI is InChI=1S/C17H13ClN4OS/c18-14-13(5-2-8-19-14)15-20-17(24-22-15)21-16(23)12-4-1-3-11(9-12)10-6-7-10/h1-5,8-10H,6-7H2,(H,20,21,22,23). The molecule has 0 saturated heterocycles. The highest BCUT2D eigenvalue weighted by Gasteiger charge is 2.24. The lowest BCUT2D eigenvalue weighted by Gasteiger charge is -2.04. The first kappa shape index (κ1) is 15.2. The number of pyridine rings is 1. The van der Waals surface area contributed by atoms with Gasteiger partial charge in [0.1, 0.15) is 5.15 Å². The lowest BCUT2D eigenvalue weighted by Crippen LogP contribution is -2.11. The Morgan fingerprint density at radius 2 is 2.12 bits per heavy atom. The normalized spacial score (nSPS) is 13.7. The number of carbonyl (C=O) groups excluding carboxylic acids is 1. The SMILES string of the molecule is O=C(Nc1nc(-c2cccnc2Cl)ns1)c1cccc(C2CC2)c1. The van der Waals surface area contributed by atoms with Crippen molar-refractivity contribution in [3.8, 4) is 11.4 Å². The van der Waals surface area contributed by atoms with Gasteiger partial charge in [-0.15, -0.1) is 0 Å². The fourth-order valence-electron chi connectivity index (χ4n) is 2.46. The molecule has 1 N–H and O–H groups in total. The summed E-state index contributed by atoms with van der Waals surface area (Å²) >= 11 is 7.17. The van der Waals surface area contributed by atoms with Gasteiger partial charge in [0.05, 0.1) is 5.56 Å². The summed E-state index contributed by atoms with van der Waals surface area (Å²) in [5.41, 5.74) is 2.50. The molecule has 0 bridgehead atoms. The van der Waals surface area contributed by atoms with Crippen molar-refractivity contribution in [2.45, 2.75) is 18.8 Å². The van der Waals surface area contributed by atoms with Crippen LogP contribution in [-0.2, 0) is 0 Å². The number of carbonyl (C=O) groups is 1.